The number of nitrogen functional groups attached to an aromatic ring is 2. The van der Waals surface area contributed by atoms with Gasteiger partial charge < -0.3 is 16.4 Å². The quantitative estimate of drug-likeness (QED) is 0.644. The zero-order valence-corrected chi connectivity index (χ0v) is 11.1. The molecular formula is C15H21N3O. The molecular weight excluding hydrogens is 238 g/mol. The van der Waals surface area contributed by atoms with Crippen molar-refractivity contribution in [2.75, 3.05) is 18.0 Å². The Morgan fingerprint density at radius 1 is 1.37 bits per heavy atom. The molecule has 4 nitrogen and oxygen atoms in total. The topological polar surface area (TPSA) is 72.3 Å². The van der Waals surface area contributed by atoms with Gasteiger partial charge in [0, 0.05) is 24.0 Å². The number of amides is 1. The summed E-state index contributed by atoms with van der Waals surface area (Å²) in [6.07, 6.45) is 6.26. The van der Waals surface area contributed by atoms with Crippen LogP contribution in [0.1, 0.15) is 36.0 Å². The maximum absolute atomic E-state index is 12.6. The number of hydrogen-bond acceptors (Lipinski definition) is 3. The molecule has 1 aliphatic rings. The van der Waals surface area contributed by atoms with E-state index in [-0.39, 0.29) is 5.91 Å². The van der Waals surface area contributed by atoms with Gasteiger partial charge in [-0.05, 0) is 31.0 Å². The largest absolute Gasteiger partial charge is 0.399 e. The number of anilines is 2. The van der Waals surface area contributed by atoms with Gasteiger partial charge in [-0.2, -0.15) is 0 Å². The fourth-order valence-corrected chi connectivity index (χ4v) is 2.68. The second-order valence-corrected chi connectivity index (χ2v) is 5.03. The van der Waals surface area contributed by atoms with Crippen LogP contribution < -0.4 is 11.5 Å². The van der Waals surface area contributed by atoms with Gasteiger partial charge >= 0.3 is 0 Å². The van der Waals surface area contributed by atoms with E-state index in [1.54, 1.807) is 24.3 Å². The molecule has 1 fully saturated rings. The van der Waals surface area contributed by atoms with E-state index in [1.165, 1.54) is 12.8 Å². The molecule has 0 heterocycles. The summed E-state index contributed by atoms with van der Waals surface area (Å²) in [6, 6.07) is 5.36. The molecule has 4 heteroatoms. The van der Waals surface area contributed by atoms with Gasteiger partial charge in [0.2, 0.25) is 0 Å². The number of benzene rings is 1. The summed E-state index contributed by atoms with van der Waals surface area (Å²) in [5, 5.41) is 0. The minimum atomic E-state index is -0.0238. The highest BCUT2D eigenvalue weighted by molar-refractivity contribution is 6.00. The maximum Gasteiger partial charge on any atom is 0.256 e. The van der Waals surface area contributed by atoms with Crippen molar-refractivity contribution in [3.05, 3.63) is 36.4 Å². The van der Waals surface area contributed by atoms with Crippen LogP contribution in [0.25, 0.3) is 0 Å². The van der Waals surface area contributed by atoms with Gasteiger partial charge in [0.05, 0.1) is 5.56 Å². The summed E-state index contributed by atoms with van der Waals surface area (Å²) in [5.41, 5.74) is 13.1. The molecule has 0 aromatic heterocycles. The SMILES string of the molecule is C=CCN(C(=O)c1ccc(N)cc1N)C1CCCC1. The lowest BCUT2D eigenvalue weighted by Gasteiger charge is -2.28. The molecule has 0 aliphatic heterocycles. The summed E-state index contributed by atoms with van der Waals surface area (Å²) in [5.74, 6) is -0.0238. The van der Waals surface area contributed by atoms with Gasteiger partial charge in [-0.15, -0.1) is 6.58 Å². The van der Waals surface area contributed by atoms with Crippen molar-refractivity contribution < 1.29 is 4.79 Å². The van der Waals surface area contributed by atoms with Crippen molar-refractivity contribution in [1.29, 1.82) is 0 Å². The Morgan fingerprint density at radius 2 is 2.05 bits per heavy atom. The normalized spacial score (nSPS) is 15.4. The fraction of sp³-hybridized carbons (Fsp3) is 0.400. The minimum absolute atomic E-state index is 0.0238. The van der Waals surface area contributed by atoms with Crippen LogP contribution in [0, 0.1) is 0 Å². The van der Waals surface area contributed by atoms with E-state index < -0.39 is 0 Å². The van der Waals surface area contributed by atoms with Gasteiger partial charge in [0.25, 0.3) is 5.91 Å². The summed E-state index contributed by atoms with van der Waals surface area (Å²) < 4.78 is 0. The molecule has 0 bridgehead atoms. The Bertz CT molecular complexity index is 478. The van der Waals surface area contributed by atoms with E-state index in [1.807, 2.05) is 4.90 Å². The van der Waals surface area contributed by atoms with Gasteiger partial charge in [-0.3, -0.25) is 4.79 Å². The van der Waals surface area contributed by atoms with Gasteiger partial charge in [0.1, 0.15) is 0 Å². The van der Waals surface area contributed by atoms with Crippen LogP contribution in [0.4, 0.5) is 11.4 Å². The molecule has 1 aromatic carbocycles. The van der Waals surface area contributed by atoms with Crippen LogP contribution >= 0.6 is 0 Å². The lowest BCUT2D eigenvalue weighted by atomic mass is 10.1. The number of hydrogen-bond donors (Lipinski definition) is 2. The van der Waals surface area contributed by atoms with Crippen molar-refractivity contribution in [3.8, 4) is 0 Å². The van der Waals surface area contributed by atoms with E-state index in [0.717, 1.165) is 12.8 Å². The Hall–Kier alpha value is -1.97. The molecule has 1 saturated carbocycles. The van der Waals surface area contributed by atoms with Crippen LogP contribution in [0.5, 0.6) is 0 Å². The monoisotopic (exact) mass is 259 g/mol. The van der Waals surface area contributed by atoms with E-state index in [4.69, 9.17) is 11.5 Å². The van der Waals surface area contributed by atoms with Crippen molar-refractivity contribution in [3.63, 3.8) is 0 Å². The van der Waals surface area contributed by atoms with Crippen molar-refractivity contribution in [2.24, 2.45) is 0 Å². The number of carbonyl (C=O) groups is 1. The average molecular weight is 259 g/mol. The first-order valence-electron chi connectivity index (χ1n) is 6.70. The van der Waals surface area contributed by atoms with Crippen LogP contribution in [0.2, 0.25) is 0 Å². The maximum atomic E-state index is 12.6. The zero-order chi connectivity index (χ0) is 13.8. The molecule has 0 saturated heterocycles. The van der Waals surface area contributed by atoms with Gasteiger partial charge in [0.15, 0.2) is 0 Å². The lowest BCUT2D eigenvalue weighted by Crippen LogP contribution is -2.39. The number of rotatable bonds is 4. The molecule has 1 aliphatic carbocycles. The zero-order valence-electron chi connectivity index (χ0n) is 11.1. The Labute approximate surface area is 114 Å². The van der Waals surface area contributed by atoms with Crippen LogP contribution in [0.3, 0.4) is 0 Å². The van der Waals surface area contributed by atoms with Crippen molar-refractivity contribution in [1.82, 2.24) is 4.90 Å². The third-order valence-electron chi connectivity index (χ3n) is 3.66. The van der Waals surface area contributed by atoms with E-state index in [9.17, 15) is 4.79 Å². The molecule has 0 atom stereocenters. The second kappa shape index (κ2) is 5.78. The van der Waals surface area contributed by atoms with E-state index in [0.29, 0.717) is 29.5 Å². The Morgan fingerprint density at radius 3 is 2.63 bits per heavy atom. The van der Waals surface area contributed by atoms with Crippen LogP contribution in [0.15, 0.2) is 30.9 Å². The first kappa shape index (κ1) is 13.5. The summed E-state index contributed by atoms with van der Waals surface area (Å²) in [6.45, 7) is 4.30. The Kier molecular flexibility index (Phi) is 4.10. The molecule has 1 aromatic rings. The number of nitrogens with zero attached hydrogens (tertiary/aromatic N) is 1. The molecule has 0 unspecified atom stereocenters. The van der Waals surface area contributed by atoms with E-state index >= 15 is 0 Å². The van der Waals surface area contributed by atoms with Crippen molar-refractivity contribution >= 4 is 17.3 Å². The minimum Gasteiger partial charge on any atom is -0.399 e. The smallest absolute Gasteiger partial charge is 0.256 e. The first-order valence-corrected chi connectivity index (χ1v) is 6.70. The van der Waals surface area contributed by atoms with Crippen LogP contribution in [-0.2, 0) is 0 Å². The lowest BCUT2D eigenvalue weighted by molar-refractivity contribution is 0.0707. The average Bonchev–Trinajstić information content (AvgIpc) is 2.89. The second-order valence-electron chi connectivity index (χ2n) is 5.03. The molecule has 4 N–H and O–H groups in total. The molecule has 0 radical (unpaired) electrons. The van der Waals surface area contributed by atoms with Crippen molar-refractivity contribution in [2.45, 2.75) is 31.7 Å². The number of carbonyl (C=O) groups excluding carboxylic acids is 1. The summed E-state index contributed by atoms with van der Waals surface area (Å²) in [4.78, 5) is 14.5. The highest BCUT2D eigenvalue weighted by Gasteiger charge is 2.27. The molecule has 2 rings (SSSR count). The predicted molar refractivity (Wildman–Crippen MR) is 78.8 cm³/mol. The number of nitrogens with two attached hydrogens (primary N) is 2. The first-order chi connectivity index (χ1) is 9.13. The third kappa shape index (κ3) is 2.89. The third-order valence-corrected chi connectivity index (χ3v) is 3.66. The summed E-state index contributed by atoms with van der Waals surface area (Å²) >= 11 is 0. The van der Waals surface area contributed by atoms with Gasteiger partial charge in [-0.25, -0.2) is 0 Å². The highest BCUT2D eigenvalue weighted by atomic mass is 16.2. The van der Waals surface area contributed by atoms with Gasteiger partial charge in [-0.1, -0.05) is 18.9 Å². The predicted octanol–water partition coefficient (Wildman–Crippen LogP) is 2.42. The molecule has 19 heavy (non-hydrogen) atoms. The van der Waals surface area contributed by atoms with E-state index in [2.05, 4.69) is 6.58 Å². The highest BCUT2D eigenvalue weighted by Crippen LogP contribution is 2.26. The summed E-state index contributed by atoms with van der Waals surface area (Å²) in [7, 11) is 0. The molecule has 1 amide bonds. The van der Waals surface area contributed by atoms with Crippen LogP contribution in [-0.4, -0.2) is 23.4 Å². The standard InChI is InChI=1S/C15H21N3O/c1-2-9-18(12-5-3-4-6-12)15(19)13-8-7-11(16)10-14(13)17/h2,7-8,10,12H,1,3-6,9,16-17H2. The Balaban J connectivity index is 2.25. The molecule has 102 valence electrons. The molecule has 0 spiro atoms. The fourth-order valence-electron chi connectivity index (χ4n) is 2.68.